The molecule has 1 rings (SSSR count). The van der Waals surface area contributed by atoms with Gasteiger partial charge in [0.25, 0.3) is 0 Å². The van der Waals surface area contributed by atoms with E-state index in [2.05, 4.69) is 10.2 Å². The maximum Gasteiger partial charge on any atom is 0.340 e. The van der Waals surface area contributed by atoms with Gasteiger partial charge in [-0.3, -0.25) is 4.57 Å². The van der Waals surface area contributed by atoms with E-state index in [9.17, 15) is 4.57 Å². The largest absolute Gasteiger partial charge is 0.340 e. The van der Waals surface area contributed by atoms with E-state index < -0.39 is 7.60 Å². The highest BCUT2D eigenvalue weighted by Gasteiger charge is 2.24. The minimum atomic E-state index is -2.99. The van der Waals surface area contributed by atoms with Crippen LogP contribution in [-0.2, 0) is 13.6 Å². The first-order valence-electron chi connectivity index (χ1n) is 5.02. The lowest BCUT2D eigenvalue weighted by Gasteiger charge is -2.15. The van der Waals surface area contributed by atoms with Crippen LogP contribution in [0.4, 0.5) is 0 Å². The minimum absolute atomic E-state index is 0.275. The van der Waals surface area contributed by atoms with E-state index in [0.29, 0.717) is 13.2 Å². The van der Waals surface area contributed by atoms with Gasteiger partial charge in [-0.25, -0.2) is 0 Å². The lowest BCUT2D eigenvalue weighted by Crippen LogP contribution is -1.97. The molecule has 0 radical (unpaired) electrons. The Morgan fingerprint density at radius 2 is 1.82 bits per heavy atom. The van der Waals surface area contributed by atoms with E-state index in [4.69, 9.17) is 9.05 Å². The molecule has 0 spiro atoms. The van der Waals surface area contributed by atoms with Crippen molar-refractivity contribution in [1.29, 1.82) is 0 Å². The first-order valence-corrected chi connectivity index (χ1v) is 9.77. The maximum atomic E-state index is 12.1. The molecular weight excluding hydrogens is 299 g/mol. The number of hydrogen-bond acceptors (Lipinski definition) is 8. The molecule has 98 valence electrons. The van der Waals surface area contributed by atoms with Crippen molar-refractivity contribution in [2.45, 2.75) is 22.5 Å². The highest BCUT2D eigenvalue weighted by Crippen LogP contribution is 2.52. The number of thioether (sulfide) groups is 2. The molecule has 0 aliphatic carbocycles. The van der Waals surface area contributed by atoms with Gasteiger partial charge >= 0.3 is 7.60 Å². The number of rotatable bonds is 8. The van der Waals surface area contributed by atoms with Gasteiger partial charge in [-0.2, -0.15) is 0 Å². The predicted octanol–water partition coefficient (Wildman–Crippen LogP) is 3.58. The zero-order chi connectivity index (χ0) is 12.7. The monoisotopic (exact) mass is 314 g/mol. The summed E-state index contributed by atoms with van der Waals surface area (Å²) in [7, 11) is -2.99. The lowest BCUT2D eigenvalue weighted by atomic mass is 10.9. The van der Waals surface area contributed by atoms with Crippen LogP contribution < -0.4 is 0 Å². The minimum Gasteiger partial charge on any atom is -0.308 e. The number of hydrogen-bond donors (Lipinski definition) is 0. The van der Waals surface area contributed by atoms with Crippen molar-refractivity contribution in [3.05, 3.63) is 0 Å². The van der Waals surface area contributed by atoms with Crippen LogP contribution >= 0.6 is 42.5 Å². The van der Waals surface area contributed by atoms with Crippen molar-refractivity contribution in [2.24, 2.45) is 0 Å². The Morgan fingerprint density at radius 3 is 2.29 bits per heavy atom. The SMILES string of the molecule is CCOP(=O)(CSc1nnc(SC)s1)OCC. The third-order valence-corrected chi connectivity index (χ3v) is 7.27. The van der Waals surface area contributed by atoms with Gasteiger partial charge in [0.2, 0.25) is 0 Å². The van der Waals surface area contributed by atoms with Crippen LogP contribution in [0.3, 0.4) is 0 Å². The van der Waals surface area contributed by atoms with Crippen molar-refractivity contribution in [2.75, 3.05) is 25.0 Å². The molecule has 0 bridgehead atoms. The number of nitrogens with zero attached hydrogens (tertiary/aromatic N) is 2. The standard InChI is InChI=1S/C8H15N2O3PS3/c1-4-12-14(11,13-5-2)6-16-8-10-9-7(15-3)17-8/h4-6H2,1-3H3. The van der Waals surface area contributed by atoms with Gasteiger partial charge in [-0.15, -0.1) is 10.2 Å². The summed E-state index contributed by atoms with van der Waals surface area (Å²) in [4.78, 5) is 0. The number of aromatic nitrogens is 2. The second kappa shape index (κ2) is 7.76. The zero-order valence-corrected chi connectivity index (χ0v) is 13.3. The van der Waals surface area contributed by atoms with E-state index in [0.717, 1.165) is 8.68 Å². The molecule has 0 fully saturated rings. The molecule has 0 saturated heterocycles. The summed E-state index contributed by atoms with van der Waals surface area (Å²) in [6, 6.07) is 0. The quantitative estimate of drug-likeness (QED) is 0.537. The van der Waals surface area contributed by atoms with Crippen LogP contribution in [-0.4, -0.2) is 35.2 Å². The Hall–Kier alpha value is 0.410. The molecular formula is C8H15N2O3PS3. The molecule has 1 aromatic heterocycles. The van der Waals surface area contributed by atoms with Crippen LogP contribution in [0, 0.1) is 0 Å². The van der Waals surface area contributed by atoms with Crippen molar-refractivity contribution in [1.82, 2.24) is 10.2 Å². The first kappa shape index (κ1) is 15.5. The fourth-order valence-corrected chi connectivity index (χ4v) is 5.72. The van der Waals surface area contributed by atoms with Crippen molar-refractivity contribution in [3.63, 3.8) is 0 Å². The molecule has 0 N–H and O–H groups in total. The third kappa shape index (κ3) is 5.28. The van der Waals surface area contributed by atoms with Gasteiger partial charge in [0.05, 0.1) is 13.2 Å². The molecule has 0 amide bonds. The molecule has 0 aromatic carbocycles. The van der Waals surface area contributed by atoms with E-state index in [1.807, 2.05) is 6.26 Å². The van der Waals surface area contributed by atoms with Crippen LogP contribution in [0.1, 0.15) is 13.8 Å². The lowest BCUT2D eigenvalue weighted by molar-refractivity contribution is 0.224. The summed E-state index contributed by atoms with van der Waals surface area (Å²) < 4.78 is 24.2. The topological polar surface area (TPSA) is 61.3 Å². The third-order valence-electron chi connectivity index (χ3n) is 1.56. The Balaban J connectivity index is 2.54. The predicted molar refractivity (Wildman–Crippen MR) is 73.3 cm³/mol. The summed E-state index contributed by atoms with van der Waals surface area (Å²) in [5.74, 6) is 0. The van der Waals surface area contributed by atoms with E-state index in [-0.39, 0.29) is 5.49 Å². The Labute approximate surface area is 114 Å². The van der Waals surface area contributed by atoms with Gasteiger partial charge < -0.3 is 9.05 Å². The molecule has 17 heavy (non-hydrogen) atoms. The second-order valence-electron chi connectivity index (χ2n) is 2.76. The molecule has 0 aliphatic heterocycles. The van der Waals surface area contributed by atoms with Crippen LogP contribution in [0.2, 0.25) is 0 Å². The average Bonchev–Trinajstić information content (AvgIpc) is 2.75. The Kier molecular flexibility index (Phi) is 7.06. The molecule has 0 unspecified atom stereocenters. The summed E-state index contributed by atoms with van der Waals surface area (Å²) >= 11 is 4.39. The Morgan fingerprint density at radius 1 is 1.24 bits per heavy atom. The summed E-state index contributed by atoms with van der Waals surface area (Å²) in [5.41, 5.74) is 0.275. The fraction of sp³-hybridized carbons (Fsp3) is 0.750. The fourth-order valence-electron chi connectivity index (χ4n) is 0.977. The molecule has 5 nitrogen and oxygen atoms in total. The molecule has 9 heteroatoms. The molecule has 1 heterocycles. The average molecular weight is 314 g/mol. The summed E-state index contributed by atoms with van der Waals surface area (Å²) in [6.07, 6.45) is 1.94. The van der Waals surface area contributed by atoms with Crippen LogP contribution in [0.5, 0.6) is 0 Å². The first-order chi connectivity index (χ1) is 8.13. The highest BCUT2D eigenvalue weighted by molar-refractivity contribution is 8.06. The van der Waals surface area contributed by atoms with Gasteiger partial charge in [-0.1, -0.05) is 34.9 Å². The van der Waals surface area contributed by atoms with E-state index in [1.54, 1.807) is 25.6 Å². The molecule has 1 aromatic rings. The smallest absolute Gasteiger partial charge is 0.308 e. The van der Waals surface area contributed by atoms with Crippen molar-refractivity contribution < 1.29 is 13.6 Å². The van der Waals surface area contributed by atoms with Gasteiger partial charge in [0.1, 0.15) is 5.49 Å². The van der Waals surface area contributed by atoms with E-state index >= 15 is 0 Å². The zero-order valence-electron chi connectivity index (χ0n) is 9.91. The molecule has 0 aliphatic rings. The second-order valence-corrected chi connectivity index (χ2v) is 8.49. The highest BCUT2D eigenvalue weighted by atomic mass is 32.2. The van der Waals surface area contributed by atoms with Gasteiger partial charge in [0, 0.05) is 0 Å². The Bertz CT molecular complexity index is 378. The van der Waals surface area contributed by atoms with Gasteiger partial charge in [-0.05, 0) is 20.1 Å². The van der Waals surface area contributed by atoms with Crippen LogP contribution in [0.15, 0.2) is 8.68 Å². The molecule has 0 atom stereocenters. The van der Waals surface area contributed by atoms with Crippen molar-refractivity contribution >= 4 is 42.5 Å². The van der Waals surface area contributed by atoms with E-state index in [1.165, 1.54) is 23.1 Å². The summed E-state index contributed by atoms with van der Waals surface area (Å²) in [5, 5.41) is 7.96. The van der Waals surface area contributed by atoms with Crippen molar-refractivity contribution in [3.8, 4) is 0 Å². The summed E-state index contributed by atoms with van der Waals surface area (Å²) in [6.45, 7) is 4.36. The normalized spacial score (nSPS) is 11.9. The van der Waals surface area contributed by atoms with Gasteiger partial charge in [0.15, 0.2) is 8.68 Å². The molecule has 0 saturated carbocycles. The maximum absolute atomic E-state index is 12.1. The van der Waals surface area contributed by atoms with Crippen LogP contribution in [0.25, 0.3) is 0 Å².